The minimum Gasteiger partial charge on any atom is -0.390 e. The van der Waals surface area contributed by atoms with Gasteiger partial charge < -0.3 is 15.7 Å². The average Bonchev–Trinajstić information content (AvgIpc) is 1.96. The van der Waals surface area contributed by atoms with Crippen LogP contribution in [0.1, 0.15) is 27.7 Å². The molecule has 0 saturated carbocycles. The molecule has 0 aromatic heterocycles. The number of hydrogen-bond donors (Lipinski definition) is 3. The smallest absolute Gasteiger partial charge is 0.0788 e. The monoisotopic (exact) mass is 246 g/mol. The molecule has 0 unspecified atom stereocenters. The summed E-state index contributed by atoms with van der Waals surface area (Å²) in [6.07, 6.45) is -0.283. The van der Waals surface area contributed by atoms with Crippen LogP contribution >= 0.6 is 24.8 Å². The van der Waals surface area contributed by atoms with Crippen molar-refractivity contribution in [2.75, 3.05) is 13.1 Å². The standard InChI is InChI=1S/C9H22N2O.2ClH/c1-7(2)10-5-9(12)6-11-8(3)4;;/h7-12H,5-6H2,1-4H3;2*1H. The lowest BCUT2D eigenvalue weighted by Gasteiger charge is -2.16. The molecule has 0 aromatic carbocycles. The highest BCUT2D eigenvalue weighted by molar-refractivity contribution is 5.85. The van der Waals surface area contributed by atoms with Crippen molar-refractivity contribution >= 4 is 24.8 Å². The molecular weight excluding hydrogens is 223 g/mol. The summed E-state index contributed by atoms with van der Waals surface area (Å²) >= 11 is 0. The lowest BCUT2D eigenvalue weighted by Crippen LogP contribution is -2.39. The molecule has 0 rings (SSSR count). The number of nitrogens with one attached hydrogen (secondary N) is 2. The summed E-state index contributed by atoms with van der Waals surface area (Å²) in [5.41, 5.74) is 0. The average molecular weight is 247 g/mol. The number of halogens is 2. The van der Waals surface area contributed by atoms with Gasteiger partial charge in [0, 0.05) is 25.2 Å². The van der Waals surface area contributed by atoms with Crippen molar-refractivity contribution < 1.29 is 5.11 Å². The number of aliphatic hydroxyl groups is 1. The molecule has 90 valence electrons. The van der Waals surface area contributed by atoms with Gasteiger partial charge in [-0.15, -0.1) is 24.8 Å². The molecule has 5 heteroatoms. The molecule has 0 spiro atoms. The maximum atomic E-state index is 9.42. The van der Waals surface area contributed by atoms with E-state index in [0.717, 1.165) is 0 Å². The minimum atomic E-state index is -0.283. The Morgan fingerprint density at radius 3 is 1.36 bits per heavy atom. The summed E-state index contributed by atoms with van der Waals surface area (Å²) in [4.78, 5) is 0. The second-order valence-corrected chi connectivity index (χ2v) is 3.78. The van der Waals surface area contributed by atoms with Gasteiger partial charge >= 0.3 is 0 Å². The topological polar surface area (TPSA) is 44.3 Å². The summed E-state index contributed by atoms with van der Waals surface area (Å²) in [7, 11) is 0. The van der Waals surface area contributed by atoms with E-state index >= 15 is 0 Å². The van der Waals surface area contributed by atoms with Crippen molar-refractivity contribution in [3.05, 3.63) is 0 Å². The summed E-state index contributed by atoms with van der Waals surface area (Å²) in [6.45, 7) is 9.62. The van der Waals surface area contributed by atoms with Crippen LogP contribution in [0.3, 0.4) is 0 Å². The Kier molecular flexibility index (Phi) is 16.4. The predicted molar refractivity (Wildman–Crippen MR) is 66.8 cm³/mol. The molecule has 0 radical (unpaired) electrons. The third-order valence-corrected chi connectivity index (χ3v) is 1.52. The quantitative estimate of drug-likeness (QED) is 0.660. The van der Waals surface area contributed by atoms with Crippen LogP contribution in [0.25, 0.3) is 0 Å². The summed E-state index contributed by atoms with van der Waals surface area (Å²) in [5.74, 6) is 0. The molecule has 0 bridgehead atoms. The molecule has 0 heterocycles. The highest BCUT2D eigenvalue weighted by Gasteiger charge is 2.04. The van der Waals surface area contributed by atoms with E-state index in [4.69, 9.17) is 0 Å². The molecular formula is C9H24Cl2N2O. The van der Waals surface area contributed by atoms with Crippen molar-refractivity contribution in [1.82, 2.24) is 10.6 Å². The highest BCUT2D eigenvalue weighted by Crippen LogP contribution is 1.83. The van der Waals surface area contributed by atoms with Gasteiger partial charge in [0.25, 0.3) is 0 Å². The Hall–Kier alpha value is 0.460. The third kappa shape index (κ3) is 15.0. The largest absolute Gasteiger partial charge is 0.390 e. The van der Waals surface area contributed by atoms with Crippen LogP contribution in [0.2, 0.25) is 0 Å². The molecule has 0 aromatic rings. The van der Waals surface area contributed by atoms with Crippen LogP contribution in [0, 0.1) is 0 Å². The lowest BCUT2D eigenvalue weighted by atomic mass is 10.3. The Morgan fingerprint density at radius 1 is 0.857 bits per heavy atom. The predicted octanol–water partition coefficient (Wildman–Crippen LogP) is 1.19. The molecule has 3 nitrogen and oxygen atoms in total. The van der Waals surface area contributed by atoms with Crippen LogP contribution in [0.5, 0.6) is 0 Å². The van der Waals surface area contributed by atoms with Crippen LogP contribution in [-0.4, -0.2) is 36.4 Å². The second-order valence-electron chi connectivity index (χ2n) is 3.78. The highest BCUT2D eigenvalue weighted by atomic mass is 35.5. The van der Waals surface area contributed by atoms with Crippen molar-refractivity contribution in [3.63, 3.8) is 0 Å². The maximum absolute atomic E-state index is 9.42. The molecule has 0 fully saturated rings. The van der Waals surface area contributed by atoms with Crippen LogP contribution < -0.4 is 10.6 Å². The Bertz CT molecular complexity index is 101. The van der Waals surface area contributed by atoms with Gasteiger partial charge in [-0.05, 0) is 0 Å². The molecule has 3 N–H and O–H groups in total. The lowest BCUT2D eigenvalue weighted by molar-refractivity contribution is 0.163. The van der Waals surface area contributed by atoms with E-state index in [0.29, 0.717) is 25.2 Å². The first-order valence-corrected chi connectivity index (χ1v) is 4.67. The van der Waals surface area contributed by atoms with Gasteiger partial charge in [0.15, 0.2) is 0 Å². The summed E-state index contributed by atoms with van der Waals surface area (Å²) < 4.78 is 0. The van der Waals surface area contributed by atoms with Gasteiger partial charge in [0.2, 0.25) is 0 Å². The summed E-state index contributed by atoms with van der Waals surface area (Å²) in [6, 6.07) is 0.886. The number of aliphatic hydroxyl groups excluding tert-OH is 1. The fourth-order valence-electron chi connectivity index (χ4n) is 0.816. The van der Waals surface area contributed by atoms with Gasteiger partial charge in [0.1, 0.15) is 0 Å². The van der Waals surface area contributed by atoms with Gasteiger partial charge in [-0.25, -0.2) is 0 Å². The molecule has 0 amide bonds. The van der Waals surface area contributed by atoms with Crippen LogP contribution in [-0.2, 0) is 0 Å². The summed E-state index contributed by atoms with van der Waals surface area (Å²) in [5, 5.41) is 15.8. The van der Waals surface area contributed by atoms with Crippen molar-refractivity contribution in [3.8, 4) is 0 Å². The second kappa shape index (κ2) is 11.5. The van der Waals surface area contributed by atoms with E-state index in [-0.39, 0.29) is 30.9 Å². The van der Waals surface area contributed by atoms with E-state index < -0.39 is 0 Å². The van der Waals surface area contributed by atoms with E-state index in [2.05, 4.69) is 38.3 Å². The van der Waals surface area contributed by atoms with Gasteiger partial charge in [-0.1, -0.05) is 27.7 Å². The molecule has 0 aliphatic rings. The number of rotatable bonds is 6. The fourth-order valence-corrected chi connectivity index (χ4v) is 0.816. The maximum Gasteiger partial charge on any atom is 0.0788 e. The van der Waals surface area contributed by atoms with E-state index in [1.165, 1.54) is 0 Å². The fraction of sp³-hybridized carbons (Fsp3) is 1.00. The van der Waals surface area contributed by atoms with Crippen molar-refractivity contribution in [2.45, 2.75) is 45.9 Å². The first-order chi connectivity index (χ1) is 5.52. The van der Waals surface area contributed by atoms with E-state index in [1.54, 1.807) is 0 Å². The van der Waals surface area contributed by atoms with Crippen LogP contribution in [0.15, 0.2) is 0 Å². The first kappa shape index (κ1) is 19.9. The first-order valence-electron chi connectivity index (χ1n) is 4.67. The van der Waals surface area contributed by atoms with Gasteiger partial charge in [-0.3, -0.25) is 0 Å². The van der Waals surface area contributed by atoms with Crippen molar-refractivity contribution in [1.29, 1.82) is 0 Å². The molecule has 14 heavy (non-hydrogen) atoms. The van der Waals surface area contributed by atoms with Gasteiger partial charge in [0.05, 0.1) is 6.10 Å². The molecule has 0 aliphatic heterocycles. The molecule has 0 saturated heterocycles. The van der Waals surface area contributed by atoms with Crippen molar-refractivity contribution in [2.24, 2.45) is 0 Å². The zero-order chi connectivity index (χ0) is 9.56. The Morgan fingerprint density at radius 2 is 1.14 bits per heavy atom. The van der Waals surface area contributed by atoms with Crippen LogP contribution in [0.4, 0.5) is 0 Å². The molecule has 0 atom stereocenters. The third-order valence-electron chi connectivity index (χ3n) is 1.52. The minimum absolute atomic E-state index is 0. The normalized spacial score (nSPS) is 10.3. The van der Waals surface area contributed by atoms with E-state index in [9.17, 15) is 5.11 Å². The SMILES string of the molecule is CC(C)NCC(O)CNC(C)C.Cl.Cl. The zero-order valence-corrected chi connectivity index (χ0v) is 11.0. The Balaban J connectivity index is -0.000000605. The number of hydrogen-bond acceptors (Lipinski definition) is 3. The zero-order valence-electron chi connectivity index (χ0n) is 9.41. The Labute approximate surface area is 99.9 Å². The molecule has 0 aliphatic carbocycles. The van der Waals surface area contributed by atoms with E-state index in [1.807, 2.05) is 0 Å². The van der Waals surface area contributed by atoms with Gasteiger partial charge in [-0.2, -0.15) is 0 Å².